The summed E-state index contributed by atoms with van der Waals surface area (Å²) in [6, 6.07) is 6.56. The van der Waals surface area contributed by atoms with Gasteiger partial charge in [0.05, 0.1) is 0 Å². The van der Waals surface area contributed by atoms with Gasteiger partial charge in [0.2, 0.25) is 0 Å². The van der Waals surface area contributed by atoms with Crippen LogP contribution in [-0.2, 0) is 0 Å². The van der Waals surface area contributed by atoms with Crippen molar-refractivity contribution in [1.29, 1.82) is 0 Å². The number of hydrogen-bond donors (Lipinski definition) is 0. The van der Waals surface area contributed by atoms with Gasteiger partial charge in [-0.15, -0.1) is 0 Å². The van der Waals surface area contributed by atoms with Crippen molar-refractivity contribution in [2.75, 3.05) is 0 Å². The molecule has 0 aliphatic carbocycles. The van der Waals surface area contributed by atoms with Crippen LogP contribution >= 0.6 is 0 Å². The Morgan fingerprint density at radius 3 is 2.43 bits per heavy atom. The maximum atomic E-state index is 12.7. The fraction of sp³-hybridized carbons (Fsp3) is 0.385. The summed E-state index contributed by atoms with van der Waals surface area (Å²) in [5, 5.41) is 0. The van der Waals surface area contributed by atoms with E-state index < -0.39 is 0 Å². The first-order valence-electron chi connectivity index (χ1n) is 5.10. The maximum absolute atomic E-state index is 12.7. The molecule has 0 nitrogen and oxygen atoms in total. The summed E-state index contributed by atoms with van der Waals surface area (Å²) < 4.78 is 12.7. The van der Waals surface area contributed by atoms with Crippen molar-refractivity contribution in [3.05, 3.63) is 42.2 Å². The van der Waals surface area contributed by atoms with Crippen LogP contribution < -0.4 is 0 Å². The van der Waals surface area contributed by atoms with Crippen molar-refractivity contribution in [2.45, 2.75) is 26.7 Å². The van der Waals surface area contributed by atoms with E-state index in [1.807, 2.05) is 0 Å². The molecule has 0 spiro atoms. The van der Waals surface area contributed by atoms with Gasteiger partial charge in [-0.1, -0.05) is 39.0 Å². The highest BCUT2D eigenvalue weighted by molar-refractivity contribution is 5.64. The highest BCUT2D eigenvalue weighted by Gasteiger charge is 2.07. The van der Waals surface area contributed by atoms with Crippen molar-refractivity contribution >= 4 is 5.57 Å². The molecule has 0 aromatic heterocycles. The van der Waals surface area contributed by atoms with Crippen LogP contribution in [0.5, 0.6) is 0 Å². The Hall–Kier alpha value is -1.11. The van der Waals surface area contributed by atoms with Gasteiger partial charge in [-0.2, -0.15) is 0 Å². The van der Waals surface area contributed by atoms with Crippen LogP contribution in [0.1, 0.15) is 32.3 Å². The van der Waals surface area contributed by atoms with Crippen molar-refractivity contribution in [3.63, 3.8) is 0 Å². The lowest BCUT2D eigenvalue weighted by Crippen LogP contribution is -1.97. The third-order valence-corrected chi connectivity index (χ3v) is 2.53. The summed E-state index contributed by atoms with van der Waals surface area (Å²) in [6.45, 7) is 8.37. The van der Waals surface area contributed by atoms with E-state index in [0.717, 1.165) is 24.0 Å². The van der Waals surface area contributed by atoms with Crippen LogP contribution in [0.15, 0.2) is 30.8 Å². The zero-order valence-corrected chi connectivity index (χ0v) is 8.89. The van der Waals surface area contributed by atoms with Gasteiger partial charge < -0.3 is 0 Å². The fourth-order valence-corrected chi connectivity index (χ4v) is 1.56. The molecule has 0 aliphatic rings. The highest BCUT2D eigenvalue weighted by atomic mass is 19.1. The summed E-state index contributed by atoms with van der Waals surface area (Å²) in [5.74, 6) is 0.287. The van der Waals surface area contributed by atoms with Crippen molar-refractivity contribution in [2.24, 2.45) is 5.92 Å². The minimum atomic E-state index is -0.190. The molecule has 1 heteroatoms. The Morgan fingerprint density at radius 1 is 1.36 bits per heavy atom. The molecule has 14 heavy (non-hydrogen) atoms. The molecule has 0 bridgehead atoms. The van der Waals surface area contributed by atoms with Gasteiger partial charge in [0, 0.05) is 0 Å². The maximum Gasteiger partial charge on any atom is 0.123 e. The van der Waals surface area contributed by atoms with Crippen molar-refractivity contribution in [1.82, 2.24) is 0 Å². The van der Waals surface area contributed by atoms with E-state index in [-0.39, 0.29) is 5.82 Å². The lowest BCUT2D eigenvalue weighted by molar-refractivity contribution is 0.626. The standard InChI is InChI=1S/C13H17F/c1-4-5-10(2)11(3)12-6-8-13(14)9-7-12/h6-10H,3-5H2,1-2H3. The van der Waals surface area contributed by atoms with E-state index in [0.29, 0.717) is 5.92 Å². The van der Waals surface area contributed by atoms with Crippen LogP contribution in [0.2, 0.25) is 0 Å². The second-order valence-electron chi connectivity index (χ2n) is 3.72. The Labute approximate surface area is 85.5 Å². The van der Waals surface area contributed by atoms with E-state index >= 15 is 0 Å². The van der Waals surface area contributed by atoms with E-state index in [9.17, 15) is 4.39 Å². The minimum Gasteiger partial charge on any atom is -0.207 e. The van der Waals surface area contributed by atoms with Gasteiger partial charge in [0.25, 0.3) is 0 Å². The first-order valence-corrected chi connectivity index (χ1v) is 5.10. The summed E-state index contributed by atoms with van der Waals surface area (Å²) in [6.07, 6.45) is 2.29. The van der Waals surface area contributed by atoms with Gasteiger partial charge >= 0.3 is 0 Å². The second kappa shape index (κ2) is 4.94. The molecule has 0 amide bonds. The first-order chi connectivity index (χ1) is 6.65. The number of rotatable bonds is 4. The Balaban J connectivity index is 2.74. The van der Waals surface area contributed by atoms with Crippen molar-refractivity contribution in [3.8, 4) is 0 Å². The topological polar surface area (TPSA) is 0 Å². The molecule has 0 aliphatic heterocycles. The second-order valence-corrected chi connectivity index (χ2v) is 3.72. The van der Waals surface area contributed by atoms with Gasteiger partial charge in [0.15, 0.2) is 0 Å². The predicted octanol–water partition coefficient (Wildman–Crippen LogP) is 4.28. The van der Waals surface area contributed by atoms with Gasteiger partial charge in [-0.05, 0) is 35.6 Å². The molecule has 76 valence electrons. The lowest BCUT2D eigenvalue weighted by Gasteiger charge is -2.13. The molecule has 1 aromatic carbocycles. The van der Waals surface area contributed by atoms with Crippen LogP contribution in [0.4, 0.5) is 4.39 Å². The molecule has 1 aromatic rings. The lowest BCUT2D eigenvalue weighted by atomic mass is 9.92. The molecule has 1 rings (SSSR count). The Kier molecular flexibility index (Phi) is 3.87. The number of allylic oxidation sites excluding steroid dienone is 1. The van der Waals surface area contributed by atoms with Crippen LogP contribution in [-0.4, -0.2) is 0 Å². The van der Waals surface area contributed by atoms with Crippen LogP contribution in [0.25, 0.3) is 5.57 Å². The molecular formula is C13H17F. The van der Waals surface area contributed by atoms with Crippen LogP contribution in [0, 0.1) is 11.7 Å². The summed E-state index contributed by atoms with van der Waals surface area (Å²) in [4.78, 5) is 0. The molecule has 0 fully saturated rings. The minimum absolute atomic E-state index is 0.190. The molecule has 0 radical (unpaired) electrons. The predicted molar refractivity (Wildman–Crippen MR) is 59.5 cm³/mol. The summed E-state index contributed by atoms with van der Waals surface area (Å²) >= 11 is 0. The Bertz CT molecular complexity index is 298. The smallest absolute Gasteiger partial charge is 0.123 e. The average molecular weight is 192 g/mol. The van der Waals surface area contributed by atoms with Gasteiger partial charge in [-0.25, -0.2) is 4.39 Å². The third kappa shape index (κ3) is 2.69. The first kappa shape index (κ1) is 11.0. The fourth-order valence-electron chi connectivity index (χ4n) is 1.56. The highest BCUT2D eigenvalue weighted by Crippen LogP contribution is 2.24. The van der Waals surface area contributed by atoms with Gasteiger partial charge in [0.1, 0.15) is 5.82 Å². The largest absolute Gasteiger partial charge is 0.207 e. The third-order valence-electron chi connectivity index (χ3n) is 2.53. The average Bonchev–Trinajstić information content (AvgIpc) is 2.18. The molecule has 0 saturated heterocycles. The zero-order chi connectivity index (χ0) is 10.6. The Morgan fingerprint density at radius 2 is 1.93 bits per heavy atom. The molecule has 0 heterocycles. The molecule has 1 atom stereocenters. The number of halogens is 1. The van der Waals surface area contributed by atoms with Gasteiger partial charge in [-0.3, -0.25) is 0 Å². The molecule has 0 saturated carbocycles. The quantitative estimate of drug-likeness (QED) is 0.668. The van der Waals surface area contributed by atoms with E-state index in [2.05, 4.69) is 20.4 Å². The number of hydrogen-bond acceptors (Lipinski definition) is 0. The van der Waals surface area contributed by atoms with Crippen molar-refractivity contribution < 1.29 is 4.39 Å². The SMILES string of the molecule is C=C(c1ccc(F)cc1)C(C)CCC. The zero-order valence-electron chi connectivity index (χ0n) is 8.89. The summed E-state index contributed by atoms with van der Waals surface area (Å²) in [5.41, 5.74) is 2.15. The molecular weight excluding hydrogens is 175 g/mol. The number of benzene rings is 1. The normalized spacial score (nSPS) is 12.5. The van der Waals surface area contributed by atoms with E-state index in [1.54, 1.807) is 12.1 Å². The summed E-state index contributed by atoms with van der Waals surface area (Å²) in [7, 11) is 0. The van der Waals surface area contributed by atoms with Crippen LogP contribution in [0.3, 0.4) is 0 Å². The molecule has 0 N–H and O–H groups in total. The monoisotopic (exact) mass is 192 g/mol. The van der Waals surface area contributed by atoms with E-state index in [1.165, 1.54) is 12.1 Å². The van der Waals surface area contributed by atoms with E-state index in [4.69, 9.17) is 0 Å². The molecule has 1 unspecified atom stereocenters.